The Balaban J connectivity index is 2.61. The summed E-state index contributed by atoms with van der Waals surface area (Å²) >= 11 is 0. The monoisotopic (exact) mass is 287 g/mol. The summed E-state index contributed by atoms with van der Waals surface area (Å²) in [6, 6.07) is 5.55. The first kappa shape index (κ1) is 15.8. The van der Waals surface area contributed by atoms with Gasteiger partial charge in [-0.1, -0.05) is 12.1 Å². The molecule has 0 heterocycles. The highest BCUT2D eigenvalue weighted by atomic mass is 32.2. The van der Waals surface area contributed by atoms with Gasteiger partial charge in [0.2, 0.25) is 5.91 Å². The molecule has 0 aromatic heterocycles. The predicted octanol–water partition coefficient (Wildman–Crippen LogP) is 1.13. The highest BCUT2D eigenvalue weighted by molar-refractivity contribution is 7.86. The number of hydrogen-bond acceptors (Lipinski definition) is 3. The first-order chi connectivity index (χ1) is 8.95. The number of rotatable bonds is 6. The minimum absolute atomic E-state index is 0.0829. The molecule has 106 valence electrons. The first-order valence-corrected chi connectivity index (χ1v) is 7.37. The zero-order valence-corrected chi connectivity index (χ0v) is 11.7. The fraction of sp³-hybridized carbons (Fsp3) is 0.462. The Labute approximate surface area is 114 Å². The molecule has 1 aromatic rings. The average molecular weight is 287 g/mol. The lowest BCUT2D eigenvalue weighted by Gasteiger charge is -2.17. The molecule has 0 aliphatic rings. The van der Waals surface area contributed by atoms with E-state index in [9.17, 15) is 13.4 Å². The van der Waals surface area contributed by atoms with Gasteiger partial charge < -0.3 is 10.4 Å². The Kier molecular flexibility index (Phi) is 6.11. The molecule has 0 aliphatic heterocycles. The Morgan fingerprint density at radius 2 is 1.95 bits per heavy atom. The standard InChI is InChI=1S/C13H18FNO3S/c1-9(11-3-5-12(14)6-4-11)15-13(17)10(2)19(18)8-7-16/h3-6,9-10,16H,7-8H2,1-2H3,(H,15,17)/t9-,10+,19-/m0/s1. The SMILES string of the molecule is C[C@H](NC(=O)[C@@H](C)[S@@](=O)CCO)c1ccc(F)cc1. The summed E-state index contributed by atoms with van der Waals surface area (Å²) in [7, 11) is -1.39. The highest BCUT2D eigenvalue weighted by Crippen LogP contribution is 2.13. The number of aliphatic hydroxyl groups is 1. The number of halogens is 1. The van der Waals surface area contributed by atoms with Gasteiger partial charge in [0.1, 0.15) is 11.1 Å². The van der Waals surface area contributed by atoms with Crippen LogP contribution in [-0.4, -0.2) is 32.8 Å². The molecule has 6 heteroatoms. The van der Waals surface area contributed by atoms with Crippen molar-refractivity contribution in [3.05, 3.63) is 35.6 Å². The molecule has 0 radical (unpaired) electrons. The second kappa shape index (κ2) is 7.35. The van der Waals surface area contributed by atoms with Crippen molar-refractivity contribution in [1.82, 2.24) is 5.32 Å². The maximum Gasteiger partial charge on any atom is 0.235 e. The number of hydrogen-bond donors (Lipinski definition) is 2. The van der Waals surface area contributed by atoms with Gasteiger partial charge >= 0.3 is 0 Å². The van der Waals surface area contributed by atoms with Crippen LogP contribution in [0.4, 0.5) is 4.39 Å². The van der Waals surface area contributed by atoms with Crippen molar-refractivity contribution in [2.75, 3.05) is 12.4 Å². The zero-order valence-electron chi connectivity index (χ0n) is 10.9. The van der Waals surface area contributed by atoms with Crippen molar-refractivity contribution in [2.24, 2.45) is 0 Å². The third kappa shape index (κ3) is 4.72. The van der Waals surface area contributed by atoms with E-state index in [0.29, 0.717) is 0 Å². The fourth-order valence-corrected chi connectivity index (χ4v) is 2.39. The minimum atomic E-state index is -1.39. The van der Waals surface area contributed by atoms with Gasteiger partial charge in [0.25, 0.3) is 0 Å². The second-order valence-electron chi connectivity index (χ2n) is 4.23. The summed E-state index contributed by atoms with van der Waals surface area (Å²) in [6.07, 6.45) is 0. The summed E-state index contributed by atoms with van der Waals surface area (Å²) in [5.74, 6) is -0.595. The van der Waals surface area contributed by atoms with E-state index in [2.05, 4.69) is 5.32 Å². The number of aliphatic hydroxyl groups excluding tert-OH is 1. The quantitative estimate of drug-likeness (QED) is 0.824. The van der Waals surface area contributed by atoms with Gasteiger partial charge in [-0.25, -0.2) is 4.39 Å². The molecule has 0 unspecified atom stereocenters. The number of carbonyl (C=O) groups is 1. The van der Waals surface area contributed by atoms with Crippen molar-refractivity contribution in [3.63, 3.8) is 0 Å². The molecule has 0 aliphatic carbocycles. The lowest BCUT2D eigenvalue weighted by Crippen LogP contribution is -2.38. The Morgan fingerprint density at radius 3 is 2.47 bits per heavy atom. The molecule has 2 N–H and O–H groups in total. The average Bonchev–Trinajstić information content (AvgIpc) is 2.38. The van der Waals surface area contributed by atoms with E-state index in [1.807, 2.05) is 0 Å². The van der Waals surface area contributed by atoms with E-state index in [1.165, 1.54) is 12.1 Å². The summed E-state index contributed by atoms with van der Waals surface area (Å²) in [5, 5.41) is 10.7. The van der Waals surface area contributed by atoms with Crippen LogP contribution in [0.5, 0.6) is 0 Å². The summed E-state index contributed by atoms with van der Waals surface area (Å²) in [6.45, 7) is 3.11. The zero-order chi connectivity index (χ0) is 14.4. The van der Waals surface area contributed by atoms with Gasteiger partial charge in [-0.05, 0) is 31.5 Å². The topological polar surface area (TPSA) is 66.4 Å². The van der Waals surface area contributed by atoms with Crippen LogP contribution in [0.15, 0.2) is 24.3 Å². The summed E-state index contributed by atoms with van der Waals surface area (Å²) < 4.78 is 24.4. The van der Waals surface area contributed by atoms with Crippen LogP contribution in [-0.2, 0) is 15.6 Å². The lowest BCUT2D eigenvalue weighted by molar-refractivity contribution is -0.121. The molecule has 1 rings (SSSR count). The van der Waals surface area contributed by atoms with E-state index in [0.717, 1.165) is 5.56 Å². The van der Waals surface area contributed by atoms with Crippen LogP contribution < -0.4 is 5.32 Å². The van der Waals surface area contributed by atoms with Gasteiger partial charge in [-0.3, -0.25) is 9.00 Å². The highest BCUT2D eigenvalue weighted by Gasteiger charge is 2.21. The van der Waals surface area contributed by atoms with Crippen LogP contribution in [0.2, 0.25) is 0 Å². The van der Waals surface area contributed by atoms with Gasteiger partial charge in [-0.15, -0.1) is 0 Å². The largest absolute Gasteiger partial charge is 0.395 e. The van der Waals surface area contributed by atoms with E-state index in [-0.39, 0.29) is 30.1 Å². The second-order valence-corrected chi connectivity index (χ2v) is 6.11. The maximum atomic E-state index is 12.8. The van der Waals surface area contributed by atoms with Crippen molar-refractivity contribution < 1.29 is 18.5 Å². The molecule has 19 heavy (non-hydrogen) atoms. The van der Waals surface area contributed by atoms with Gasteiger partial charge in [0.15, 0.2) is 0 Å². The molecule has 1 amide bonds. The van der Waals surface area contributed by atoms with Crippen LogP contribution in [0.25, 0.3) is 0 Å². The molecule has 4 nitrogen and oxygen atoms in total. The Morgan fingerprint density at radius 1 is 1.37 bits per heavy atom. The van der Waals surface area contributed by atoms with Gasteiger partial charge in [0.05, 0.1) is 12.6 Å². The van der Waals surface area contributed by atoms with Crippen molar-refractivity contribution in [1.29, 1.82) is 0 Å². The van der Waals surface area contributed by atoms with E-state index >= 15 is 0 Å². The smallest absolute Gasteiger partial charge is 0.235 e. The first-order valence-electron chi connectivity index (χ1n) is 5.99. The summed E-state index contributed by atoms with van der Waals surface area (Å²) in [5.41, 5.74) is 0.773. The third-order valence-corrected chi connectivity index (χ3v) is 4.37. The number of amides is 1. The lowest BCUT2D eigenvalue weighted by atomic mass is 10.1. The molecule has 0 saturated heterocycles. The third-order valence-electron chi connectivity index (χ3n) is 2.78. The molecule has 0 spiro atoms. The van der Waals surface area contributed by atoms with E-state index in [1.54, 1.807) is 26.0 Å². The Bertz CT molecular complexity index is 450. The molecule has 0 fully saturated rings. The summed E-state index contributed by atoms with van der Waals surface area (Å²) in [4.78, 5) is 11.9. The normalized spacial score (nSPS) is 15.6. The van der Waals surface area contributed by atoms with Crippen LogP contribution in [0.1, 0.15) is 25.5 Å². The van der Waals surface area contributed by atoms with Crippen LogP contribution in [0.3, 0.4) is 0 Å². The molecular formula is C13H18FNO3S. The van der Waals surface area contributed by atoms with Gasteiger partial charge in [-0.2, -0.15) is 0 Å². The minimum Gasteiger partial charge on any atom is -0.395 e. The molecular weight excluding hydrogens is 269 g/mol. The maximum absolute atomic E-state index is 12.8. The Hall–Kier alpha value is -1.27. The number of benzene rings is 1. The van der Waals surface area contributed by atoms with E-state index in [4.69, 9.17) is 5.11 Å². The molecule has 0 saturated carbocycles. The molecule has 1 aromatic carbocycles. The number of carbonyl (C=O) groups excluding carboxylic acids is 1. The molecule has 0 bridgehead atoms. The van der Waals surface area contributed by atoms with Gasteiger partial charge in [0, 0.05) is 16.6 Å². The van der Waals surface area contributed by atoms with E-state index < -0.39 is 16.0 Å². The predicted molar refractivity (Wildman–Crippen MR) is 72.5 cm³/mol. The molecule has 3 atom stereocenters. The van der Waals surface area contributed by atoms with Crippen molar-refractivity contribution in [2.45, 2.75) is 25.1 Å². The fourth-order valence-electron chi connectivity index (χ4n) is 1.55. The van der Waals surface area contributed by atoms with Crippen LogP contribution >= 0.6 is 0 Å². The van der Waals surface area contributed by atoms with Crippen LogP contribution in [0, 0.1) is 5.82 Å². The van der Waals surface area contributed by atoms with Crippen molar-refractivity contribution in [3.8, 4) is 0 Å². The number of nitrogens with one attached hydrogen (secondary N) is 1. The van der Waals surface area contributed by atoms with Crippen molar-refractivity contribution >= 4 is 16.7 Å².